The van der Waals surface area contributed by atoms with Gasteiger partial charge < -0.3 is 0 Å². The second-order valence-electron chi connectivity index (χ2n) is 5.74. The largest absolute Gasteiger partial charge is 0.296 e. The standard InChI is InChI=1S/C17H24N4O3S2/c1-4-11-21(12-5-2)26(23,24)14-9-7-13(8-10-14)16(22)18-17-20-19-15(6-3)25-17/h7-10H,4-6,11-12H2,1-3H3,(H,18,20,22). The lowest BCUT2D eigenvalue weighted by molar-refractivity contribution is 0.102. The van der Waals surface area contributed by atoms with Crippen LogP contribution in [0.2, 0.25) is 0 Å². The van der Waals surface area contributed by atoms with Crippen LogP contribution in [0.1, 0.15) is 49.0 Å². The highest BCUT2D eigenvalue weighted by atomic mass is 32.2. The normalized spacial score (nSPS) is 11.7. The van der Waals surface area contributed by atoms with Crippen molar-refractivity contribution >= 4 is 32.4 Å². The fraction of sp³-hybridized carbons (Fsp3) is 0.471. The number of sulfonamides is 1. The number of carbonyl (C=O) groups excluding carboxylic acids is 1. The van der Waals surface area contributed by atoms with Crippen molar-refractivity contribution in [3.63, 3.8) is 0 Å². The molecule has 0 saturated carbocycles. The third kappa shape index (κ3) is 4.87. The maximum Gasteiger partial charge on any atom is 0.257 e. The van der Waals surface area contributed by atoms with Crippen molar-refractivity contribution < 1.29 is 13.2 Å². The van der Waals surface area contributed by atoms with E-state index in [9.17, 15) is 13.2 Å². The molecule has 1 heterocycles. The first-order valence-electron chi connectivity index (χ1n) is 8.66. The van der Waals surface area contributed by atoms with Crippen LogP contribution in [0.5, 0.6) is 0 Å². The lowest BCUT2D eigenvalue weighted by atomic mass is 10.2. The van der Waals surface area contributed by atoms with E-state index in [2.05, 4.69) is 15.5 Å². The SMILES string of the molecule is CCCN(CCC)S(=O)(=O)c1ccc(C(=O)Nc2nnc(CC)s2)cc1. The van der Waals surface area contributed by atoms with Crippen LogP contribution >= 0.6 is 11.3 Å². The van der Waals surface area contributed by atoms with Crippen molar-refractivity contribution in [2.24, 2.45) is 0 Å². The summed E-state index contributed by atoms with van der Waals surface area (Å²) in [5, 5.41) is 11.8. The molecule has 0 saturated heterocycles. The fourth-order valence-electron chi connectivity index (χ4n) is 2.39. The molecule has 1 N–H and O–H groups in total. The van der Waals surface area contributed by atoms with Crippen LogP contribution in [0, 0.1) is 0 Å². The second kappa shape index (κ2) is 9.20. The summed E-state index contributed by atoms with van der Waals surface area (Å²) in [6, 6.07) is 5.97. The fourth-order valence-corrected chi connectivity index (χ4v) is 4.69. The third-order valence-corrected chi connectivity index (χ3v) is 6.59. The number of aryl methyl sites for hydroxylation is 1. The molecule has 0 atom stereocenters. The predicted octanol–water partition coefficient (Wildman–Crippen LogP) is 3.16. The first-order chi connectivity index (χ1) is 12.4. The average molecular weight is 397 g/mol. The molecule has 7 nitrogen and oxygen atoms in total. The van der Waals surface area contributed by atoms with Crippen molar-refractivity contribution in [2.45, 2.75) is 44.9 Å². The molecule has 0 bridgehead atoms. The molecule has 9 heteroatoms. The molecule has 0 aliphatic carbocycles. The van der Waals surface area contributed by atoms with Crippen LogP contribution in [0.3, 0.4) is 0 Å². The third-order valence-electron chi connectivity index (χ3n) is 3.69. The number of nitrogens with zero attached hydrogens (tertiary/aromatic N) is 3. The van der Waals surface area contributed by atoms with Crippen molar-refractivity contribution in [3.05, 3.63) is 34.8 Å². The number of carbonyl (C=O) groups is 1. The van der Waals surface area contributed by atoms with Gasteiger partial charge in [-0.2, -0.15) is 4.31 Å². The van der Waals surface area contributed by atoms with Gasteiger partial charge in [0.05, 0.1) is 4.90 Å². The molecule has 0 aliphatic rings. The molecule has 0 radical (unpaired) electrons. The first kappa shape index (κ1) is 20.5. The van der Waals surface area contributed by atoms with Gasteiger partial charge in [0.15, 0.2) is 0 Å². The molecule has 2 rings (SSSR count). The van der Waals surface area contributed by atoms with Gasteiger partial charge in [-0.1, -0.05) is 32.1 Å². The highest BCUT2D eigenvalue weighted by molar-refractivity contribution is 7.89. The van der Waals surface area contributed by atoms with E-state index in [1.54, 1.807) is 0 Å². The van der Waals surface area contributed by atoms with E-state index in [0.717, 1.165) is 24.3 Å². The van der Waals surface area contributed by atoms with Gasteiger partial charge in [0.1, 0.15) is 5.01 Å². The number of anilines is 1. The van der Waals surface area contributed by atoms with Crippen molar-refractivity contribution in [3.8, 4) is 0 Å². The molecule has 142 valence electrons. The summed E-state index contributed by atoms with van der Waals surface area (Å²) in [4.78, 5) is 12.5. The Bertz CT molecular complexity index is 826. The van der Waals surface area contributed by atoms with E-state index in [4.69, 9.17) is 0 Å². The molecule has 0 fully saturated rings. The van der Waals surface area contributed by atoms with Crippen molar-refractivity contribution in [2.75, 3.05) is 18.4 Å². The van der Waals surface area contributed by atoms with Crippen LogP contribution in [0.4, 0.5) is 5.13 Å². The summed E-state index contributed by atoms with van der Waals surface area (Å²) < 4.78 is 26.9. The van der Waals surface area contributed by atoms with Gasteiger partial charge >= 0.3 is 0 Å². The number of hydrogen-bond donors (Lipinski definition) is 1. The number of amides is 1. The molecular formula is C17H24N4O3S2. The van der Waals surface area contributed by atoms with E-state index in [-0.39, 0.29) is 10.8 Å². The summed E-state index contributed by atoms with van der Waals surface area (Å²) in [7, 11) is -3.55. The quantitative estimate of drug-likeness (QED) is 0.703. The Morgan fingerprint density at radius 1 is 1.08 bits per heavy atom. The van der Waals surface area contributed by atoms with E-state index in [1.807, 2.05) is 20.8 Å². The predicted molar refractivity (Wildman–Crippen MR) is 103 cm³/mol. The molecule has 2 aromatic rings. The van der Waals surface area contributed by atoms with Gasteiger partial charge in [0.25, 0.3) is 5.91 Å². The number of benzene rings is 1. The maximum atomic E-state index is 12.7. The van der Waals surface area contributed by atoms with Crippen molar-refractivity contribution in [1.29, 1.82) is 0 Å². The number of nitrogens with one attached hydrogen (secondary N) is 1. The molecule has 0 spiro atoms. The summed E-state index contributed by atoms with van der Waals surface area (Å²) in [5.41, 5.74) is 0.370. The zero-order chi connectivity index (χ0) is 19.2. The Kier molecular flexibility index (Phi) is 7.24. The van der Waals surface area contributed by atoms with E-state index in [0.29, 0.717) is 23.8 Å². The molecule has 0 unspecified atom stereocenters. The lowest BCUT2D eigenvalue weighted by Crippen LogP contribution is -2.32. The topological polar surface area (TPSA) is 92.3 Å². The van der Waals surface area contributed by atoms with Crippen LogP contribution in [0.15, 0.2) is 29.2 Å². The molecule has 1 aromatic heterocycles. The summed E-state index contributed by atoms with van der Waals surface area (Å²) in [6.45, 7) is 6.82. The molecule has 1 amide bonds. The first-order valence-corrected chi connectivity index (χ1v) is 10.9. The second-order valence-corrected chi connectivity index (χ2v) is 8.74. The molecule has 1 aromatic carbocycles. The van der Waals surface area contributed by atoms with Crippen molar-refractivity contribution in [1.82, 2.24) is 14.5 Å². The molecular weight excluding hydrogens is 372 g/mol. The summed E-state index contributed by atoms with van der Waals surface area (Å²) in [5.74, 6) is -0.341. The van der Waals surface area contributed by atoms with E-state index < -0.39 is 10.0 Å². The van der Waals surface area contributed by atoms with Gasteiger partial charge in [-0.15, -0.1) is 10.2 Å². The van der Waals surface area contributed by atoms with Crippen LogP contribution < -0.4 is 5.32 Å². The highest BCUT2D eigenvalue weighted by Gasteiger charge is 2.23. The van der Waals surface area contributed by atoms with Gasteiger partial charge in [-0.05, 0) is 43.5 Å². The monoisotopic (exact) mass is 396 g/mol. The van der Waals surface area contributed by atoms with Gasteiger partial charge in [0.2, 0.25) is 15.2 Å². The van der Waals surface area contributed by atoms with Gasteiger partial charge in [0, 0.05) is 18.7 Å². The number of rotatable bonds is 9. The van der Waals surface area contributed by atoms with Crippen LogP contribution in [-0.4, -0.2) is 41.9 Å². The highest BCUT2D eigenvalue weighted by Crippen LogP contribution is 2.19. The number of hydrogen-bond acceptors (Lipinski definition) is 6. The van der Waals surface area contributed by atoms with Crippen LogP contribution in [-0.2, 0) is 16.4 Å². The minimum atomic E-state index is -3.55. The minimum Gasteiger partial charge on any atom is -0.296 e. The Balaban J connectivity index is 2.14. The Morgan fingerprint density at radius 3 is 2.19 bits per heavy atom. The molecule has 26 heavy (non-hydrogen) atoms. The summed E-state index contributed by atoms with van der Waals surface area (Å²) >= 11 is 1.32. The van der Waals surface area contributed by atoms with Gasteiger partial charge in [-0.25, -0.2) is 8.42 Å². The zero-order valence-corrected chi connectivity index (χ0v) is 16.9. The minimum absolute atomic E-state index is 0.195. The van der Waals surface area contributed by atoms with Crippen LogP contribution in [0.25, 0.3) is 0 Å². The smallest absolute Gasteiger partial charge is 0.257 e. The Morgan fingerprint density at radius 2 is 1.69 bits per heavy atom. The average Bonchev–Trinajstić information content (AvgIpc) is 3.09. The summed E-state index contributed by atoms with van der Waals surface area (Å²) in [6.07, 6.45) is 2.26. The number of aromatic nitrogens is 2. The Hall–Kier alpha value is -1.84. The molecule has 0 aliphatic heterocycles. The van der Waals surface area contributed by atoms with E-state index >= 15 is 0 Å². The Labute approximate surface area is 158 Å². The van der Waals surface area contributed by atoms with E-state index in [1.165, 1.54) is 39.9 Å². The zero-order valence-electron chi connectivity index (χ0n) is 15.2. The maximum absolute atomic E-state index is 12.7. The lowest BCUT2D eigenvalue weighted by Gasteiger charge is -2.21. The van der Waals surface area contributed by atoms with Gasteiger partial charge in [-0.3, -0.25) is 10.1 Å².